The van der Waals surface area contributed by atoms with Gasteiger partial charge in [0.15, 0.2) is 0 Å². The zero-order valence-electron chi connectivity index (χ0n) is 10.9. The minimum atomic E-state index is -0.471. The third-order valence-electron chi connectivity index (χ3n) is 3.17. The van der Waals surface area contributed by atoms with Crippen LogP contribution in [-0.4, -0.2) is 16.5 Å². The van der Waals surface area contributed by atoms with E-state index in [9.17, 15) is 4.39 Å². The van der Waals surface area contributed by atoms with Gasteiger partial charge in [0, 0.05) is 36.1 Å². The second-order valence-electron chi connectivity index (χ2n) is 4.54. The second-order valence-corrected chi connectivity index (χ2v) is 4.54. The topological polar surface area (TPSA) is 37.8 Å². The van der Waals surface area contributed by atoms with E-state index in [1.54, 1.807) is 12.3 Å². The van der Waals surface area contributed by atoms with Crippen molar-refractivity contribution in [3.05, 3.63) is 66.4 Å². The smallest absolute Gasteiger partial charge is 0.214 e. The molecule has 0 saturated carbocycles. The second kappa shape index (κ2) is 5.65. The first-order valence-corrected chi connectivity index (χ1v) is 6.51. The summed E-state index contributed by atoms with van der Waals surface area (Å²) in [6.07, 6.45) is 4.09. The summed E-state index contributed by atoms with van der Waals surface area (Å²) < 4.78 is 13.0. The monoisotopic (exact) mass is 267 g/mol. The summed E-state index contributed by atoms with van der Waals surface area (Å²) in [5, 5.41) is 4.33. The lowest BCUT2D eigenvalue weighted by Crippen LogP contribution is -2.06. The highest BCUT2D eigenvalue weighted by molar-refractivity contribution is 5.81. The van der Waals surface area contributed by atoms with Gasteiger partial charge in [0.25, 0.3) is 0 Å². The number of hydrogen-bond acceptors (Lipinski definition) is 3. The highest BCUT2D eigenvalue weighted by atomic mass is 19.1. The largest absolute Gasteiger partial charge is 0.385 e. The average Bonchev–Trinajstić information content (AvgIpc) is 2.48. The molecule has 0 radical (unpaired) electrons. The first kappa shape index (κ1) is 12.5. The molecular weight excluding hydrogens is 253 g/mol. The van der Waals surface area contributed by atoms with Gasteiger partial charge in [-0.25, -0.2) is 4.98 Å². The van der Waals surface area contributed by atoms with Crippen LogP contribution >= 0.6 is 0 Å². The molecule has 0 fully saturated rings. The lowest BCUT2D eigenvalue weighted by molar-refractivity contribution is 0.584. The molecule has 0 aliphatic heterocycles. The summed E-state index contributed by atoms with van der Waals surface area (Å²) >= 11 is 0. The van der Waals surface area contributed by atoms with E-state index in [0.717, 1.165) is 29.6 Å². The highest BCUT2D eigenvalue weighted by Crippen LogP contribution is 2.16. The minimum Gasteiger partial charge on any atom is -0.385 e. The van der Waals surface area contributed by atoms with Gasteiger partial charge in [-0.1, -0.05) is 24.3 Å². The number of aromatic nitrogens is 2. The van der Waals surface area contributed by atoms with Crippen LogP contribution < -0.4 is 5.32 Å². The molecule has 1 N–H and O–H groups in total. The van der Waals surface area contributed by atoms with Crippen LogP contribution in [0, 0.1) is 5.95 Å². The Morgan fingerprint density at radius 1 is 1.00 bits per heavy atom. The van der Waals surface area contributed by atoms with E-state index >= 15 is 0 Å². The maximum atomic E-state index is 13.0. The summed E-state index contributed by atoms with van der Waals surface area (Å²) in [6, 6.07) is 13.3. The fourth-order valence-electron chi connectivity index (χ4n) is 2.22. The Balaban J connectivity index is 1.71. The number of benzene rings is 1. The van der Waals surface area contributed by atoms with Gasteiger partial charge in [0.1, 0.15) is 0 Å². The van der Waals surface area contributed by atoms with Crippen molar-refractivity contribution in [2.45, 2.75) is 6.42 Å². The van der Waals surface area contributed by atoms with E-state index in [1.807, 2.05) is 12.1 Å². The summed E-state index contributed by atoms with van der Waals surface area (Å²) in [5.74, 6) is -0.471. The fraction of sp³-hybridized carbons (Fsp3) is 0.125. The Morgan fingerprint density at radius 2 is 1.90 bits per heavy atom. The van der Waals surface area contributed by atoms with E-state index in [0.29, 0.717) is 0 Å². The van der Waals surface area contributed by atoms with Crippen molar-refractivity contribution in [3.63, 3.8) is 0 Å². The van der Waals surface area contributed by atoms with Crippen LogP contribution in [0.2, 0.25) is 0 Å². The minimum absolute atomic E-state index is 0.471. The van der Waals surface area contributed by atoms with E-state index < -0.39 is 5.95 Å². The van der Waals surface area contributed by atoms with Crippen LogP contribution in [0.1, 0.15) is 5.56 Å². The molecule has 4 heteroatoms. The molecule has 0 unspecified atom stereocenters. The molecule has 2 aromatic heterocycles. The molecule has 0 amide bonds. The third-order valence-corrected chi connectivity index (χ3v) is 3.17. The maximum Gasteiger partial charge on any atom is 0.214 e. The van der Waals surface area contributed by atoms with E-state index in [-0.39, 0.29) is 0 Å². The number of hydrogen-bond donors (Lipinski definition) is 1. The molecule has 3 aromatic rings. The lowest BCUT2D eigenvalue weighted by atomic mass is 10.1. The number of rotatable bonds is 4. The van der Waals surface area contributed by atoms with Crippen molar-refractivity contribution < 1.29 is 4.39 Å². The van der Waals surface area contributed by atoms with Crippen molar-refractivity contribution in [2.75, 3.05) is 11.9 Å². The molecule has 0 bridgehead atoms. The number of para-hydroxylation sites is 1. The first-order valence-electron chi connectivity index (χ1n) is 6.51. The Hall–Kier alpha value is -2.49. The number of fused-ring (bicyclic) bond motifs is 1. The van der Waals surface area contributed by atoms with Crippen molar-refractivity contribution in [2.24, 2.45) is 0 Å². The normalized spacial score (nSPS) is 10.7. The molecule has 1 aromatic carbocycles. The fourth-order valence-corrected chi connectivity index (χ4v) is 2.22. The quantitative estimate of drug-likeness (QED) is 0.736. The molecule has 0 atom stereocenters. The molecule has 2 heterocycles. The lowest BCUT2D eigenvalue weighted by Gasteiger charge is -2.08. The molecule has 3 nitrogen and oxygen atoms in total. The summed E-state index contributed by atoms with van der Waals surface area (Å²) in [4.78, 5) is 7.95. The molecule has 100 valence electrons. The predicted molar refractivity (Wildman–Crippen MR) is 78.1 cm³/mol. The van der Waals surface area contributed by atoms with E-state index in [2.05, 4.69) is 33.5 Å². The van der Waals surface area contributed by atoms with Gasteiger partial charge in [-0.3, -0.25) is 4.98 Å². The predicted octanol–water partition coefficient (Wildman–Crippen LogP) is 3.42. The van der Waals surface area contributed by atoms with E-state index in [4.69, 9.17) is 0 Å². The highest BCUT2D eigenvalue weighted by Gasteiger charge is 2.02. The maximum absolute atomic E-state index is 13.0. The van der Waals surface area contributed by atoms with Gasteiger partial charge < -0.3 is 5.32 Å². The Bertz CT molecular complexity index is 722. The van der Waals surface area contributed by atoms with Gasteiger partial charge >= 0.3 is 0 Å². The number of nitrogens with zero attached hydrogens (tertiary/aromatic N) is 2. The van der Waals surface area contributed by atoms with Crippen LogP contribution in [0.25, 0.3) is 10.9 Å². The van der Waals surface area contributed by atoms with Gasteiger partial charge in [-0.2, -0.15) is 4.39 Å². The molecule has 20 heavy (non-hydrogen) atoms. The molecular formula is C16H14FN3. The number of anilines is 1. The summed E-state index contributed by atoms with van der Waals surface area (Å²) in [6.45, 7) is 0.721. The van der Waals surface area contributed by atoms with Gasteiger partial charge in [0.2, 0.25) is 5.95 Å². The van der Waals surface area contributed by atoms with Crippen LogP contribution in [0.5, 0.6) is 0 Å². The van der Waals surface area contributed by atoms with E-state index in [1.165, 1.54) is 17.8 Å². The van der Waals surface area contributed by atoms with Crippen LogP contribution in [-0.2, 0) is 6.42 Å². The van der Waals surface area contributed by atoms with Gasteiger partial charge in [-0.15, -0.1) is 0 Å². The van der Waals surface area contributed by atoms with Crippen LogP contribution in [0.4, 0.5) is 10.1 Å². The third kappa shape index (κ3) is 2.74. The molecule has 3 rings (SSSR count). The summed E-state index contributed by atoms with van der Waals surface area (Å²) in [7, 11) is 0. The van der Waals surface area contributed by atoms with Gasteiger partial charge in [-0.05, 0) is 24.1 Å². The molecule has 0 aliphatic rings. The molecule has 0 aliphatic carbocycles. The number of nitrogens with one attached hydrogen (secondary N) is 1. The van der Waals surface area contributed by atoms with Crippen molar-refractivity contribution in [3.8, 4) is 0 Å². The first-order chi connectivity index (χ1) is 9.83. The number of halogens is 1. The van der Waals surface area contributed by atoms with Crippen molar-refractivity contribution in [1.82, 2.24) is 9.97 Å². The van der Waals surface area contributed by atoms with Gasteiger partial charge in [0.05, 0.1) is 5.52 Å². The van der Waals surface area contributed by atoms with Crippen molar-refractivity contribution in [1.29, 1.82) is 0 Å². The van der Waals surface area contributed by atoms with Crippen LogP contribution in [0.15, 0.2) is 54.9 Å². The zero-order chi connectivity index (χ0) is 13.8. The Kier molecular flexibility index (Phi) is 3.54. The molecule has 0 spiro atoms. The van der Waals surface area contributed by atoms with Crippen LogP contribution in [0.3, 0.4) is 0 Å². The Labute approximate surface area is 116 Å². The average molecular weight is 267 g/mol. The SMILES string of the molecule is Fc1cc(NCCc2cccc3cccnc23)ccn1. The summed E-state index contributed by atoms with van der Waals surface area (Å²) in [5.41, 5.74) is 2.95. The zero-order valence-corrected chi connectivity index (χ0v) is 10.9. The standard InChI is InChI=1S/C16H14FN3/c17-15-11-14(7-10-19-15)18-9-6-13-4-1-3-12-5-2-8-20-16(12)13/h1-5,7-8,10-11H,6,9H2,(H,18,19). The number of pyridine rings is 2. The molecule has 0 saturated heterocycles. The Morgan fingerprint density at radius 3 is 2.80 bits per heavy atom. The van der Waals surface area contributed by atoms with Crippen molar-refractivity contribution >= 4 is 16.6 Å².